The molecule has 0 unspecified atom stereocenters. The highest BCUT2D eigenvalue weighted by Crippen LogP contribution is 2.29. The van der Waals surface area contributed by atoms with Crippen molar-refractivity contribution in [2.45, 2.75) is 45.1 Å². The molecule has 0 bridgehead atoms. The van der Waals surface area contributed by atoms with Gasteiger partial charge in [0.15, 0.2) is 0 Å². The molecule has 3 aromatic rings. The molecule has 0 amide bonds. The molecule has 24 heavy (non-hydrogen) atoms. The fourth-order valence-electron chi connectivity index (χ4n) is 3.56. The van der Waals surface area contributed by atoms with Crippen LogP contribution in [0, 0.1) is 5.92 Å². The minimum Gasteiger partial charge on any atom is -0.365 e. The highest BCUT2D eigenvalue weighted by molar-refractivity contribution is 7.16. The lowest BCUT2D eigenvalue weighted by molar-refractivity contribution is 0.352. The van der Waals surface area contributed by atoms with E-state index in [1.54, 1.807) is 11.3 Å². The smallest absolute Gasteiger partial charge is 0.138 e. The molecule has 0 radical (unpaired) electrons. The van der Waals surface area contributed by atoms with E-state index in [0.717, 1.165) is 40.7 Å². The molecule has 1 fully saturated rings. The molecule has 2 heterocycles. The molecule has 1 N–H and O–H groups in total. The van der Waals surface area contributed by atoms with Crippen LogP contribution in [0.2, 0.25) is 0 Å². The zero-order valence-corrected chi connectivity index (χ0v) is 14.7. The molecule has 124 valence electrons. The summed E-state index contributed by atoms with van der Waals surface area (Å²) in [6.45, 7) is 0.797. The zero-order chi connectivity index (χ0) is 16.2. The standard InChI is InChI=1S/C20H23N3S/c1-3-7-15(8-4-1)13-18-22-19(17-11-12-24-20(17)23-18)21-14-16-9-5-2-6-10-16/h2,5-6,9-12,15H,1,3-4,7-8,13-14H2,(H,21,22,23). The molecule has 2 aromatic heterocycles. The summed E-state index contributed by atoms with van der Waals surface area (Å²) >= 11 is 1.71. The molecule has 3 nitrogen and oxygen atoms in total. The number of nitrogens with one attached hydrogen (secondary N) is 1. The van der Waals surface area contributed by atoms with E-state index in [9.17, 15) is 0 Å². The maximum Gasteiger partial charge on any atom is 0.138 e. The van der Waals surface area contributed by atoms with Gasteiger partial charge in [0.1, 0.15) is 16.5 Å². The van der Waals surface area contributed by atoms with E-state index in [1.165, 1.54) is 37.7 Å². The number of hydrogen-bond acceptors (Lipinski definition) is 4. The molecule has 0 atom stereocenters. The van der Waals surface area contributed by atoms with Gasteiger partial charge in [-0.15, -0.1) is 11.3 Å². The molecular weight excluding hydrogens is 314 g/mol. The van der Waals surface area contributed by atoms with Crippen LogP contribution in [-0.4, -0.2) is 9.97 Å². The molecule has 0 aliphatic heterocycles. The first kappa shape index (κ1) is 15.6. The molecule has 1 saturated carbocycles. The van der Waals surface area contributed by atoms with Crippen molar-refractivity contribution >= 4 is 27.4 Å². The number of hydrogen-bond donors (Lipinski definition) is 1. The van der Waals surface area contributed by atoms with Gasteiger partial charge in [0.2, 0.25) is 0 Å². The van der Waals surface area contributed by atoms with Crippen molar-refractivity contribution in [3.63, 3.8) is 0 Å². The van der Waals surface area contributed by atoms with Crippen molar-refractivity contribution in [3.8, 4) is 0 Å². The van der Waals surface area contributed by atoms with Gasteiger partial charge < -0.3 is 5.32 Å². The third-order valence-electron chi connectivity index (χ3n) is 4.87. The summed E-state index contributed by atoms with van der Waals surface area (Å²) < 4.78 is 0. The Kier molecular flexibility index (Phi) is 4.74. The van der Waals surface area contributed by atoms with Crippen LogP contribution in [0.5, 0.6) is 0 Å². The number of anilines is 1. The van der Waals surface area contributed by atoms with Gasteiger partial charge >= 0.3 is 0 Å². The first-order valence-corrected chi connectivity index (χ1v) is 9.78. The minimum absolute atomic E-state index is 0.762. The van der Waals surface area contributed by atoms with Gasteiger partial charge in [0.05, 0.1) is 5.39 Å². The molecule has 0 saturated heterocycles. The second-order valence-electron chi connectivity index (χ2n) is 6.68. The van der Waals surface area contributed by atoms with Crippen LogP contribution in [0.3, 0.4) is 0 Å². The number of rotatable bonds is 5. The molecular formula is C20H23N3S. The largest absolute Gasteiger partial charge is 0.365 e. The van der Waals surface area contributed by atoms with Gasteiger partial charge in [-0.2, -0.15) is 0 Å². The monoisotopic (exact) mass is 337 g/mol. The predicted molar refractivity (Wildman–Crippen MR) is 101 cm³/mol. The van der Waals surface area contributed by atoms with Gasteiger partial charge in [0.25, 0.3) is 0 Å². The summed E-state index contributed by atoms with van der Waals surface area (Å²) in [5.74, 6) is 2.75. The number of benzene rings is 1. The van der Waals surface area contributed by atoms with Crippen LogP contribution in [0.4, 0.5) is 5.82 Å². The molecule has 4 rings (SSSR count). The van der Waals surface area contributed by atoms with E-state index in [1.807, 2.05) is 6.07 Å². The third kappa shape index (κ3) is 3.59. The number of thiophene rings is 1. The van der Waals surface area contributed by atoms with E-state index < -0.39 is 0 Å². The van der Waals surface area contributed by atoms with Crippen molar-refractivity contribution in [1.29, 1.82) is 0 Å². The van der Waals surface area contributed by atoms with Crippen molar-refractivity contribution in [2.24, 2.45) is 5.92 Å². The van der Waals surface area contributed by atoms with E-state index in [4.69, 9.17) is 9.97 Å². The third-order valence-corrected chi connectivity index (χ3v) is 5.68. The Balaban J connectivity index is 1.55. The first-order valence-electron chi connectivity index (χ1n) is 8.90. The van der Waals surface area contributed by atoms with E-state index >= 15 is 0 Å². The van der Waals surface area contributed by atoms with Gasteiger partial charge in [-0.1, -0.05) is 62.4 Å². The normalized spacial score (nSPS) is 15.7. The van der Waals surface area contributed by atoms with Crippen LogP contribution in [0.15, 0.2) is 41.8 Å². The Labute approximate surface area is 147 Å². The maximum absolute atomic E-state index is 4.87. The quantitative estimate of drug-likeness (QED) is 0.675. The highest BCUT2D eigenvalue weighted by atomic mass is 32.1. The average Bonchev–Trinajstić information content (AvgIpc) is 3.10. The molecule has 4 heteroatoms. The van der Waals surface area contributed by atoms with Crippen molar-refractivity contribution in [3.05, 3.63) is 53.2 Å². The topological polar surface area (TPSA) is 37.8 Å². The molecule has 1 aliphatic rings. The van der Waals surface area contributed by atoms with E-state index in [2.05, 4.69) is 41.0 Å². The molecule has 0 spiro atoms. The van der Waals surface area contributed by atoms with E-state index in [0.29, 0.717) is 0 Å². The maximum atomic E-state index is 4.87. The van der Waals surface area contributed by atoms with Crippen LogP contribution >= 0.6 is 11.3 Å². The fraction of sp³-hybridized carbons (Fsp3) is 0.400. The summed E-state index contributed by atoms with van der Waals surface area (Å²) in [6, 6.07) is 12.6. The minimum atomic E-state index is 0.762. The Morgan fingerprint density at radius 1 is 1.00 bits per heavy atom. The second kappa shape index (κ2) is 7.31. The summed E-state index contributed by atoms with van der Waals surface area (Å²) in [6.07, 6.45) is 7.81. The first-order chi connectivity index (χ1) is 11.9. The Hall–Kier alpha value is -1.94. The zero-order valence-electron chi connectivity index (χ0n) is 13.9. The lowest BCUT2D eigenvalue weighted by atomic mass is 9.87. The molecule has 1 aliphatic carbocycles. The second-order valence-corrected chi connectivity index (χ2v) is 7.57. The SMILES string of the molecule is c1ccc(CNc2nc(CC3CCCCC3)nc3sccc23)cc1. The number of aromatic nitrogens is 2. The van der Waals surface area contributed by atoms with Gasteiger partial charge in [-0.3, -0.25) is 0 Å². The number of nitrogens with zero attached hydrogens (tertiary/aromatic N) is 2. The summed E-state index contributed by atoms with van der Waals surface area (Å²) in [5, 5.41) is 6.77. The summed E-state index contributed by atoms with van der Waals surface area (Å²) in [5.41, 5.74) is 1.27. The fourth-order valence-corrected chi connectivity index (χ4v) is 4.34. The number of fused-ring (bicyclic) bond motifs is 1. The van der Waals surface area contributed by atoms with Gasteiger partial charge in [-0.25, -0.2) is 9.97 Å². The van der Waals surface area contributed by atoms with Crippen LogP contribution < -0.4 is 5.32 Å². The lowest BCUT2D eigenvalue weighted by Crippen LogP contribution is -2.12. The van der Waals surface area contributed by atoms with Crippen LogP contribution in [0.1, 0.15) is 43.5 Å². The Bertz CT molecular complexity index is 791. The predicted octanol–water partition coefficient (Wildman–Crippen LogP) is 5.43. The van der Waals surface area contributed by atoms with Crippen molar-refractivity contribution < 1.29 is 0 Å². The van der Waals surface area contributed by atoms with Crippen LogP contribution in [0.25, 0.3) is 10.2 Å². The van der Waals surface area contributed by atoms with Crippen LogP contribution in [-0.2, 0) is 13.0 Å². The average molecular weight is 337 g/mol. The van der Waals surface area contributed by atoms with Gasteiger partial charge in [-0.05, 0) is 22.9 Å². The van der Waals surface area contributed by atoms with Crippen molar-refractivity contribution in [2.75, 3.05) is 5.32 Å². The summed E-state index contributed by atoms with van der Waals surface area (Å²) in [4.78, 5) is 10.8. The van der Waals surface area contributed by atoms with E-state index in [-0.39, 0.29) is 0 Å². The molecule has 1 aromatic carbocycles. The lowest BCUT2D eigenvalue weighted by Gasteiger charge is -2.21. The highest BCUT2D eigenvalue weighted by Gasteiger charge is 2.17. The summed E-state index contributed by atoms with van der Waals surface area (Å²) in [7, 11) is 0. The Morgan fingerprint density at radius 2 is 1.83 bits per heavy atom. The van der Waals surface area contributed by atoms with Crippen molar-refractivity contribution in [1.82, 2.24) is 9.97 Å². The Morgan fingerprint density at radius 3 is 2.67 bits per heavy atom. The van der Waals surface area contributed by atoms with Gasteiger partial charge in [0, 0.05) is 13.0 Å².